The highest BCUT2D eigenvalue weighted by Crippen LogP contribution is 2.37. The number of nitrogens with one attached hydrogen (secondary N) is 1. The van der Waals surface area contributed by atoms with Crippen molar-refractivity contribution in [2.45, 2.75) is 42.2 Å². The number of pyridine rings is 1. The van der Waals surface area contributed by atoms with Crippen LogP contribution in [0.15, 0.2) is 35.4 Å². The molecular weight excluding hydrogens is 366 g/mol. The van der Waals surface area contributed by atoms with Crippen LogP contribution in [-0.4, -0.2) is 16.1 Å². The van der Waals surface area contributed by atoms with Crippen LogP contribution < -0.4 is 5.32 Å². The Hall–Kier alpha value is -1.66. The summed E-state index contributed by atoms with van der Waals surface area (Å²) in [6.45, 7) is 0. The summed E-state index contributed by atoms with van der Waals surface area (Å²) in [5.41, 5.74) is 0.397. The van der Waals surface area contributed by atoms with E-state index in [2.05, 4.69) is 10.3 Å². The molecule has 1 aromatic carbocycles. The van der Waals surface area contributed by atoms with Crippen molar-refractivity contribution in [1.29, 1.82) is 0 Å². The van der Waals surface area contributed by atoms with E-state index in [4.69, 9.17) is 11.6 Å². The Balaban J connectivity index is 1.73. The lowest BCUT2D eigenvalue weighted by Gasteiger charge is -2.21. The number of halogens is 3. The summed E-state index contributed by atoms with van der Waals surface area (Å²) in [5.74, 6) is -2.60. The summed E-state index contributed by atoms with van der Waals surface area (Å²) in [7, 11) is 0. The Bertz CT molecular complexity index is 782. The van der Waals surface area contributed by atoms with Gasteiger partial charge in [-0.25, -0.2) is 13.8 Å². The molecule has 0 saturated heterocycles. The topological polar surface area (TPSA) is 42.0 Å². The monoisotopic (exact) mass is 382 g/mol. The Morgan fingerprint density at radius 1 is 1.16 bits per heavy atom. The van der Waals surface area contributed by atoms with Gasteiger partial charge in [0.15, 0.2) is 11.6 Å². The lowest BCUT2D eigenvalue weighted by Crippen LogP contribution is -2.14. The summed E-state index contributed by atoms with van der Waals surface area (Å²) in [4.78, 5) is 16.9. The smallest absolute Gasteiger partial charge is 0.256 e. The van der Waals surface area contributed by atoms with Gasteiger partial charge in [-0.15, -0.1) is 11.8 Å². The molecule has 1 aromatic heterocycles. The largest absolute Gasteiger partial charge is 0.306 e. The zero-order valence-corrected chi connectivity index (χ0v) is 15.0. The van der Waals surface area contributed by atoms with Crippen LogP contribution in [0.2, 0.25) is 5.02 Å². The molecule has 1 aliphatic carbocycles. The van der Waals surface area contributed by atoms with E-state index in [-0.39, 0.29) is 5.82 Å². The van der Waals surface area contributed by atoms with E-state index in [9.17, 15) is 13.6 Å². The van der Waals surface area contributed by atoms with Gasteiger partial charge in [-0.3, -0.25) is 4.79 Å². The van der Waals surface area contributed by atoms with Crippen LogP contribution in [0.5, 0.6) is 0 Å². The second-order valence-electron chi connectivity index (χ2n) is 5.96. The van der Waals surface area contributed by atoms with Crippen LogP contribution in [0.1, 0.15) is 42.5 Å². The minimum absolute atomic E-state index is 0.0414. The number of rotatable bonds is 4. The average Bonchev–Trinajstić information content (AvgIpc) is 2.61. The fraction of sp³-hybridized carbons (Fsp3) is 0.333. The number of thioether (sulfide) groups is 1. The maximum atomic E-state index is 13.2. The average molecular weight is 383 g/mol. The van der Waals surface area contributed by atoms with Crippen LogP contribution in [0, 0.1) is 11.6 Å². The fourth-order valence-corrected chi connectivity index (χ4v) is 4.32. The molecular formula is C18H17ClF2N2OS. The predicted octanol–water partition coefficient (Wildman–Crippen LogP) is 5.69. The second kappa shape index (κ2) is 8.15. The van der Waals surface area contributed by atoms with Gasteiger partial charge >= 0.3 is 0 Å². The first kappa shape index (κ1) is 18.1. The molecule has 0 radical (unpaired) electrons. The number of anilines is 1. The molecule has 1 amide bonds. The van der Waals surface area contributed by atoms with Gasteiger partial charge in [-0.2, -0.15) is 0 Å². The molecule has 3 rings (SSSR count). The van der Waals surface area contributed by atoms with Crippen LogP contribution >= 0.6 is 23.4 Å². The van der Waals surface area contributed by atoms with Crippen molar-refractivity contribution in [3.05, 3.63) is 52.7 Å². The van der Waals surface area contributed by atoms with Gasteiger partial charge in [-0.1, -0.05) is 30.9 Å². The second-order valence-corrected chi connectivity index (χ2v) is 7.71. The van der Waals surface area contributed by atoms with Crippen molar-refractivity contribution in [3.8, 4) is 0 Å². The van der Waals surface area contributed by atoms with Crippen LogP contribution in [0.4, 0.5) is 14.6 Å². The first-order valence-corrected chi connectivity index (χ1v) is 9.37. The van der Waals surface area contributed by atoms with Crippen molar-refractivity contribution < 1.29 is 13.6 Å². The van der Waals surface area contributed by atoms with Gasteiger partial charge in [0.2, 0.25) is 0 Å². The third kappa shape index (κ3) is 4.70. The minimum Gasteiger partial charge on any atom is -0.306 e. The number of carbonyl (C=O) groups excluding carboxylic acids is 1. The summed E-state index contributed by atoms with van der Waals surface area (Å²) in [6.07, 6.45) is 6.74. The maximum Gasteiger partial charge on any atom is 0.256 e. The third-order valence-corrected chi connectivity index (χ3v) is 5.93. The van der Waals surface area contributed by atoms with E-state index in [1.807, 2.05) is 0 Å². The van der Waals surface area contributed by atoms with Crippen molar-refractivity contribution >= 4 is 35.1 Å². The van der Waals surface area contributed by atoms with Crippen LogP contribution in [0.25, 0.3) is 0 Å². The summed E-state index contributed by atoms with van der Waals surface area (Å²) in [6, 6.07) is 5.86. The number of benzene rings is 1. The molecule has 1 fully saturated rings. The van der Waals surface area contributed by atoms with Gasteiger partial charge in [0, 0.05) is 21.8 Å². The van der Waals surface area contributed by atoms with Crippen molar-refractivity contribution in [1.82, 2.24) is 4.98 Å². The molecule has 25 heavy (non-hydrogen) atoms. The number of carbonyl (C=O) groups is 1. The van der Waals surface area contributed by atoms with Crippen molar-refractivity contribution in [3.63, 3.8) is 0 Å². The zero-order chi connectivity index (χ0) is 17.8. The Kier molecular flexibility index (Phi) is 5.91. The van der Waals surface area contributed by atoms with Gasteiger partial charge in [-0.05, 0) is 31.0 Å². The minimum atomic E-state index is -1.06. The molecule has 3 nitrogen and oxygen atoms in total. The summed E-state index contributed by atoms with van der Waals surface area (Å²) < 4.78 is 26.1. The molecule has 0 aliphatic heterocycles. The number of hydrogen-bond donors (Lipinski definition) is 1. The van der Waals surface area contributed by atoms with Crippen LogP contribution in [0.3, 0.4) is 0 Å². The summed E-state index contributed by atoms with van der Waals surface area (Å²) >= 11 is 7.96. The van der Waals surface area contributed by atoms with Crippen molar-refractivity contribution in [2.75, 3.05) is 5.32 Å². The number of nitrogens with zero attached hydrogens (tertiary/aromatic N) is 1. The van der Waals surface area contributed by atoms with Crippen molar-refractivity contribution in [2.24, 2.45) is 0 Å². The first-order valence-electron chi connectivity index (χ1n) is 8.11. The van der Waals surface area contributed by atoms with Gasteiger partial charge in [0.05, 0.1) is 11.2 Å². The molecule has 0 atom stereocenters. The lowest BCUT2D eigenvalue weighted by molar-refractivity contribution is 0.102. The van der Waals surface area contributed by atoms with E-state index >= 15 is 0 Å². The molecule has 0 bridgehead atoms. The number of hydrogen-bond acceptors (Lipinski definition) is 3. The maximum absolute atomic E-state index is 13.2. The molecule has 132 valence electrons. The zero-order valence-electron chi connectivity index (χ0n) is 13.4. The quantitative estimate of drug-likeness (QED) is 0.738. The Labute approximate surface area is 154 Å². The third-order valence-electron chi connectivity index (χ3n) is 4.09. The highest BCUT2D eigenvalue weighted by Gasteiger charge is 2.18. The van der Waals surface area contributed by atoms with Gasteiger partial charge < -0.3 is 5.32 Å². The Morgan fingerprint density at radius 3 is 2.64 bits per heavy atom. The predicted molar refractivity (Wildman–Crippen MR) is 96.3 cm³/mol. The Morgan fingerprint density at radius 2 is 1.92 bits per heavy atom. The lowest BCUT2D eigenvalue weighted by atomic mass is 10.0. The number of aromatic nitrogens is 1. The summed E-state index contributed by atoms with van der Waals surface area (Å²) in [5, 5.41) is 3.59. The molecule has 1 N–H and O–H groups in total. The molecule has 7 heteroatoms. The fourth-order valence-electron chi connectivity index (χ4n) is 2.77. The highest BCUT2D eigenvalue weighted by atomic mass is 35.5. The standard InChI is InChI=1S/C18H17ClF2N2OS/c19-13-7-6-11(8-16(13)25-12-4-2-1-3-5-12)18(24)23-17-9-14(20)15(21)10-22-17/h6-10,12H,1-5H2,(H,22,23,24). The first-order chi connectivity index (χ1) is 12.0. The molecule has 0 spiro atoms. The van der Waals surface area contributed by atoms with E-state index in [1.165, 1.54) is 19.3 Å². The molecule has 2 aromatic rings. The van der Waals surface area contributed by atoms with Crippen LogP contribution in [-0.2, 0) is 0 Å². The molecule has 1 heterocycles. The van der Waals surface area contributed by atoms with Gasteiger partial charge in [0.25, 0.3) is 5.91 Å². The molecule has 0 unspecified atom stereocenters. The van der Waals surface area contributed by atoms with E-state index in [1.54, 1.807) is 30.0 Å². The van der Waals surface area contributed by atoms with Gasteiger partial charge in [0.1, 0.15) is 5.82 Å². The highest BCUT2D eigenvalue weighted by molar-refractivity contribution is 8.00. The van der Waals surface area contributed by atoms with E-state index in [0.29, 0.717) is 15.8 Å². The SMILES string of the molecule is O=C(Nc1cc(F)c(F)cn1)c1ccc(Cl)c(SC2CCCCC2)c1. The number of amides is 1. The molecule has 1 aliphatic rings. The van der Waals surface area contributed by atoms with E-state index < -0.39 is 17.5 Å². The molecule has 1 saturated carbocycles. The normalized spacial score (nSPS) is 15.2. The van der Waals surface area contributed by atoms with E-state index in [0.717, 1.165) is 30.0 Å².